The minimum absolute atomic E-state index is 0.0167. The highest BCUT2D eigenvalue weighted by Crippen LogP contribution is 2.24. The number of benzene rings is 1. The molecule has 0 bridgehead atoms. The molecule has 100 valence electrons. The Balaban J connectivity index is 2.17. The molecule has 5 heteroatoms. The first kappa shape index (κ1) is 13.9. The van der Waals surface area contributed by atoms with Gasteiger partial charge in [-0.1, -0.05) is 0 Å². The van der Waals surface area contributed by atoms with Crippen LogP contribution in [0.25, 0.3) is 0 Å². The fraction of sp³-hybridized carbons (Fsp3) is 0.538. The lowest BCUT2D eigenvalue weighted by Gasteiger charge is -2.39. The molecule has 0 radical (unpaired) electrons. The lowest BCUT2D eigenvalue weighted by Crippen LogP contribution is -2.56. The predicted octanol–water partition coefficient (Wildman–Crippen LogP) is 2.91. The van der Waals surface area contributed by atoms with Crippen LogP contribution in [0.4, 0.5) is 8.78 Å². The van der Waals surface area contributed by atoms with Gasteiger partial charge in [0.15, 0.2) is 0 Å². The molecule has 1 aliphatic rings. The van der Waals surface area contributed by atoms with Gasteiger partial charge < -0.3 is 5.32 Å². The maximum atomic E-state index is 13.9. The Labute approximate surface area is 114 Å². The van der Waals surface area contributed by atoms with Gasteiger partial charge in [-0.3, -0.25) is 4.90 Å². The average molecular weight is 319 g/mol. The highest BCUT2D eigenvalue weighted by molar-refractivity contribution is 9.10. The summed E-state index contributed by atoms with van der Waals surface area (Å²) in [6.45, 7) is 6.90. The molecule has 18 heavy (non-hydrogen) atoms. The summed E-state index contributed by atoms with van der Waals surface area (Å²) < 4.78 is 27.9. The Morgan fingerprint density at radius 3 is 2.78 bits per heavy atom. The van der Waals surface area contributed by atoms with Gasteiger partial charge in [-0.05, 0) is 41.9 Å². The largest absolute Gasteiger partial charge is 0.309 e. The number of halogens is 3. The summed E-state index contributed by atoms with van der Waals surface area (Å²) in [7, 11) is 0. The number of hydrogen-bond donors (Lipinski definition) is 1. The third-order valence-corrected chi connectivity index (χ3v) is 3.78. The highest BCUT2D eigenvalue weighted by Gasteiger charge is 2.27. The van der Waals surface area contributed by atoms with Crippen LogP contribution in [-0.4, -0.2) is 30.1 Å². The van der Waals surface area contributed by atoms with Crippen molar-refractivity contribution < 1.29 is 8.78 Å². The zero-order chi connectivity index (χ0) is 13.3. The van der Waals surface area contributed by atoms with Crippen LogP contribution >= 0.6 is 15.9 Å². The Morgan fingerprint density at radius 2 is 2.11 bits per heavy atom. The van der Waals surface area contributed by atoms with Gasteiger partial charge >= 0.3 is 0 Å². The van der Waals surface area contributed by atoms with E-state index in [1.54, 1.807) is 0 Å². The Bertz CT molecular complexity index is 449. The molecule has 0 saturated carbocycles. The zero-order valence-electron chi connectivity index (χ0n) is 10.6. The molecule has 1 aromatic carbocycles. The monoisotopic (exact) mass is 318 g/mol. The van der Waals surface area contributed by atoms with Crippen LogP contribution in [0, 0.1) is 11.6 Å². The molecule has 1 N–H and O–H groups in total. The lowest BCUT2D eigenvalue weighted by atomic mass is 10.0. The zero-order valence-corrected chi connectivity index (χ0v) is 12.2. The predicted molar refractivity (Wildman–Crippen MR) is 71.4 cm³/mol. The van der Waals surface area contributed by atoms with E-state index >= 15 is 0 Å². The van der Waals surface area contributed by atoms with Gasteiger partial charge in [0.1, 0.15) is 11.6 Å². The lowest BCUT2D eigenvalue weighted by molar-refractivity contribution is 0.145. The summed E-state index contributed by atoms with van der Waals surface area (Å²) in [5.74, 6) is -0.974. The minimum atomic E-state index is -0.494. The summed E-state index contributed by atoms with van der Waals surface area (Å²) >= 11 is 3.09. The van der Waals surface area contributed by atoms with E-state index < -0.39 is 11.6 Å². The van der Waals surface area contributed by atoms with Gasteiger partial charge in [0, 0.05) is 37.3 Å². The molecular weight excluding hydrogens is 302 g/mol. The van der Waals surface area contributed by atoms with Gasteiger partial charge in [0.2, 0.25) is 0 Å². The number of hydrogen-bond acceptors (Lipinski definition) is 2. The third kappa shape index (κ3) is 3.08. The minimum Gasteiger partial charge on any atom is -0.309 e. The molecule has 1 aromatic rings. The van der Waals surface area contributed by atoms with E-state index in [9.17, 15) is 8.78 Å². The molecule has 2 rings (SSSR count). The van der Waals surface area contributed by atoms with E-state index in [-0.39, 0.29) is 11.1 Å². The van der Waals surface area contributed by atoms with E-state index in [4.69, 9.17) is 0 Å². The summed E-state index contributed by atoms with van der Waals surface area (Å²) in [5.41, 5.74) is 0.124. The van der Waals surface area contributed by atoms with Crippen LogP contribution in [0.15, 0.2) is 16.6 Å². The normalized spacial score (nSPS) is 20.1. The first-order chi connectivity index (χ1) is 8.39. The standard InChI is InChI=1S/C13H17BrF2N2/c1-13(2)8-18(6-5-17-13)7-9-11(15)4-3-10(14)12(9)16/h3-4,17H,5-8H2,1-2H3. The molecular formula is C13H17BrF2N2. The van der Waals surface area contributed by atoms with Crippen LogP contribution in [0.1, 0.15) is 19.4 Å². The van der Waals surface area contributed by atoms with Gasteiger partial charge in [-0.25, -0.2) is 8.78 Å². The quantitative estimate of drug-likeness (QED) is 0.843. The van der Waals surface area contributed by atoms with Gasteiger partial charge in [0.05, 0.1) is 4.47 Å². The smallest absolute Gasteiger partial charge is 0.144 e. The van der Waals surface area contributed by atoms with Crippen LogP contribution in [-0.2, 0) is 6.54 Å². The van der Waals surface area contributed by atoms with Gasteiger partial charge in [0.25, 0.3) is 0 Å². The van der Waals surface area contributed by atoms with Crippen LogP contribution in [0.2, 0.25) is 0 Å². The maximum absolute atomic E-state index is 13.9. The number of piperazine rings is 1. The number of nitrogens with one attached hydrogen (secondary N) is 1. The summed E-state index contributed by atoms with van der Waals surface area (Å²) in [5, 5.41) is 3.38. The average Bonchev–Trinajstić information content (AvgIpc) is 2.28. The van der Waals surface area contributed by atoms with Crippen molar-refractivity contribution in [3.63, 3.8) is 0 Å². The fourth-order valence-corrected chi connectivity index (χ4v) is 2.69. The summed E-state index contributed by atoms with van der Waals surface area (Å²) in [6, 6.07) is 2.70. The second-order valence-electron chi connectivity index (χ2n) is 5.34. The molecule has 0 aromatic heterocycles. The molecule has 0 atom stereocenters. The van der Waals surface area contributed by atoms with Crippen molar-refractivity contribution in [1.29, 1.82) is 0 Å². The van der Waals surface area contributed by atoms with Crippen molar-refractivity contribution in [1.82, 2.24) is 10.2 Å². The fourth-order valence-electron chi connectivity index (χ4n) is 2.32. The van der Waals surface area contributed by atoms with Crippen LogP contribution in [0.5, 0.6) is 0 Å². The molecule has 0 spiro atoms. The van der Waals surface area contributed by atoms with Crippen molar-refractivity contribution in [2.45, 2.75) is 25.9 Å². The van der Waals surface area contributed by atoms with E-state index in [1.165, 1.54) is 12.1 Å². The van der Waals surface area contributed by atoms with Crippen molar-refractivity contribution >= 4 is 15.9 Å². The molecule has 2 nitrogen and oxygen atoms in total. The molecule has 1 heterocycles. The first-order valence-corrected chi connectivity index (χ1v) is 6.78. The Kier molecular flexibility index (Phi) is 4.04. The van der Waals surface area contributed by atoms with E-state index in [1.807, 2.05) is 0 Å². The first-order valence-electron chi connectivity index (χ1n) is 5.99. The Morgan fingerprint density at radius 1 is 1.39 bits per heavy atom. The van der Waals surface area contributed by atoms with Crippen molar-refractivity contribution in [2.75, 3.05) is 19.6 Å². The van der Waals surface area contributed by atoms with Crippen LogP contribution < -0.4 is 5.32 Å². The second kappa shape index (κ2) is 5.23. The van der Waals surface area contributed by atoms with E-state index in [2.05, 4.69) is 40.0 Å². The van der Waals surface area contributed by atoms with Gasteiger partial charge in [-0.15, -0.1) is 0 Å². The summed E-state index contributed by atoms with van der Waals surface area (Å²) in [6.07, 6.45) is 0. The van der Waals surface area contributed by atoms with Crippen LogP contribution in [0.3, 0.4) is 0 Å². The topological polar surface area (TPSA) is 15.3 Å². The number of rotatable bonds is 2. The maximum Gasteiger partial charge on any atom is 0.144 e. The second-order valence-corrected chi connectivity index (χ2v) is 6.20. The van der Waals surface area contributed by atoms with Crippen molar-refractivity contribution in [3.05, 3.63) is 33.8 Å². The molecule has 0 unspecified atom stereocenters. The highest BCUT2D eigenvalue weighted by atomic mass is 79.9. The number of nitrogens with zero attached hydrogens (tertiary/aromatic N) is 1. The summed E-state index contributed by atoms with van der Waals surface area (Å²) in [4.78, 5) is 2.07. The van der Waals surface area contributed by atoms with E-state index in [0.29, 0.717) is 11.0 Å². The molecule has 1 saturated heterocycles. The van der Waals surface area contributed by atoms with Crippen molar-refractivity contribution in [3.8, 4) is 0 Å². The molecule has 1 fully saturated rings. The van der Waals surface area contributed by atoms with E-state index in [0.717, 1.165) is 19.6 Å². The molecule has 1 aliphatic heterocycles. The third-order valence-electron chi connectivity index (χ3n) is 3.17. The molecule has 0 amide bonds. The molecule has 0 aliphatic carbocycles. The Hall–Kier alpha value is -0.520. The SMILES string of the molecule is CC1(C)CN(Cc2c(F)ccc(Br)c2F)CCN1. The van der Waals surface area contributed by atoms with Gasteiger partial charge in [-0.2, -0.15) is 0 Å². The van der Waals surface area contributed by atoms with Crippen molar-refractivity contribution in [2.24, 2.45) is 0 Å².